The smallest absolute Gasteiger partial charge is 0.331 e. The Morgan fingerprint density at radius 1 is 1.44 bits per heavy atom. The highest BCUT2D eigenvalue weighted by Gasteiger charge is 2.28. The number of halogens is 1. The largest absolute Gasteiger partial charge is 0.479 e. The van der Waals surface area contributed by atoms with Crippen LogP contribution in [0.15, 0.2) is 24.3 Å². The summed E-state index contributed by atoms with van der Waals surface area (Å²) >= 11 is 0. The molecule has 1 atom stereocenters. The van der Waals surface area contributed by atoms with Crippen molar-refractivity contribution in [2.24, 2.45) is 0 Å². The minimum absolute atomic E-state index is 0.270. The summed E-state index contributed by atoms with van der Waals surface area (Å²) in [7, 11) is 0. The maximum Gasteiger partial charge on any atom is 0.331 e. The van der Waals surface area contributed by atoms with Crippen LogP contribution in [0.3, 0.4) is 0 Å². The van der Waals surface area contributed by atoms with Gasteiger partial charge in [-0.2, -0.15) is 0 Å². The van der Waals surface area contributed by atoms with E-state index >= 15 is 0 Å². The molecule has 0 bridgehead atoms. The molecule has 98 valence electrons. The van der Waals surface area contributed by atoms with Crippen molar-refractivity contribution >= 4 is 11.9 Å². The van der Waals surface area contributed by atoms with Crippen molar-refractivity contribution in [3.8, 4) is 0 Å². The predicted octanol–water partition coefficient (Wildman–Crippen LogP) is 2.21. The quantitative estimate of drug-likeness (QED) is 0.875. The molecule has 0 spiro atoms. The molecule has 0 aliphatic heterocycles. The zero-order valence-electron chi connectivity index (χ0n) is 10.4. The standard InChI is InChI=1S/C13H16FNO3/c1-3-7-15(9(2)16)12(13(17)18)10-5-4-6-11(14)8-10/h4-6,8,12H,3,7H2,1-2H3,(H,17,18). The Labute approximate surface area is 105 Å². The molecule has 1 rings (SSSR count). The summed E-state index contributed by atoms with van der Waals surface area (Å²) in [6, 6.07) is 4.18. The predicted molar refractivity (Wildman–Crippen MR) is 64.5 cm³/mol. The first-order valence-electron chi connectivity index (χ1n) is 5.72. The van der Waals surface area contributed by atoms with Crippen molar-refractivity contribution in [1.82, 2.24) is 4.90 Å². The van der Waals surface area contributed by atoms with Crippen LogP contribution in [0.2, 0.25) is 0 Å². The fraction of sp³-hybridized carbons (Fsp3) is 0.385. The van der Waals surface area contributed by atoms with E-state index in [1.54, 1.807) is 0 Å². The first-order chi connectivity index (χ1) is 8.47. The van der Waals surface area contributed by atoms with E-state index in [1.807, 2.05) is 6.92 Å². The Hall–Kier alpha value is -1.91. The first-order valence-corrected chi connectivity index (χ1v) is 5.72. The lowest BCUT2D eigenvalue weighted by atomic mass is 10.0. The van der Waals surface area contributed by atoms with Crippen LogP contribution in [0.25, 0.3) is 0 Å². The summed E-state index contributed by atoms with van der Waals surface area (Å²) in [4.78, 5) is 24.1. The molecule has 0 saturated carbocycles. The van der Waals surface area contributed by atoms with E-state index in [-0.39, 0.29) is 11.5 Å². The molecule has 1 aromatic carbocycles. The number of hydrogen-bond acceptors (Lipinski definition) is 2. The Balaban J connectivity index is 3.15. The summed E-state index contributed by atoms with van der Waals surface area (Å²) in [6.45, 7) is 3.48. The van der Waals surface area contributed by atoms with E-state index in [1.165, 1.54) is 30.0 Å². The third-order valence-corrected chi connectivity index (χ3v) is 2.58. The van der Waals surface area contributed by atoms with E-state index in [2.05, 4.69) is 0 Å². The molecule has 0 aliphatic carbocycles. The van der Waals surface area contributed by atoms with Crippen LogP contribution in [0, 0.1) is 5.82 Å². The third kappa shape index (κ3) is 3.29. The fourth-order valence-electron chi connectivity index (χ4n) is 1.84. The van der Waals surface area contributed by atoms with Crippen LogP contribution in [-0.2, 0) is 9.59 Å². The number of carbonyl (C=O) groups excluding carboxylic acids is 1. The summed E-state index contributed by atoms with van der Waals surface area (Å²) in [5, 5.41) is 9.25. The number of benzene rings is 1. The molecular formula is C13H16FNO3. The summed E-state index contributed by atoms with van der Waals surface area (Å²) in [5.74, 6) is -2.02. The van der Waals surface area contributed by atoms with E-state index < -0.39 is 17.8 Å². The lowest BCUT2D eigenvalue weighted by Crippen LogP contribution is -2.38. The number of hydrogen-bond donors (Lipinski definition) is 1. The molecule has 0 fully saturated rings. The Bertz CT molecular complexity index is 448. The Morgan fingerprint density at radius 2 is 2.11 bits per heavy atom. The van der Waals surface area contributed by atoms with Gasteiger partial charge in [-0.3, -0.25) is 4.79 Å². The van der Waals surface area contributed by atoms with Crippen LogP contribution in [0.4, 0.5) is 4.39 Å². The van der Waals surface area contributed by atoms with Crippen molar-refractivity contribution in [3.63, 3.8) is 0 Å². The molecule has 0 aliphatic rings. The highest BCUT2D eigenvalue weighted by Crippen LogP contribution is 2.22. The lowest BCUT2D eigenvalue weighted by Gasteiger charge is -2.27. The van der Waals surface area contributed by atoms with E-state index in [0.717, 1.165) is 6.07 Å². The number of rotatable bonds is 5. The highest BCUT2D eigenvalue weighted by molar-refractivity contribution is 5.83. The normalized spacial score (nSPS) is 11.9. The van der Waals surface area contributed by atoms with Gasteiger partial charge in [-0.25, -0.2) is 9.18 Å². The molecule has 0 radical (unpaired) electrons. The van der Waals surface area contributed by atoms with Gasteiger partial charge >= 0.3 is 5.97 Å². The molecule has 1 aromatic rings. The van der Waals surface area contributed by atoms with Gasteiger partial charge in [0.2, 0.25) is 5.91 Å². The molecule has 1 amide bonds. The van der Waals surface area contributed by atoms with Crippen LogP contribution in [-0.4, -0.2) is 28.4 Å². The van der Waals surface area contributed by atoms with Gasteiger partial charge in [0.15, 0.2) is 6.04 Å². The van der Waals surface area contributed by atoms with E-state index in [9.17, 15) is 19.1 Å². The maximum atomic E-state index is 13.1. The number of carboxylic acid groups (broad SMARTS) is 1. The van der Waals surface area contributed by atoms with Gasteiger partial charge in [0.1, 0.15) is 5.82 Å². The van der Waals surface area contributed by atoms with Gasteiger partial charge in [0.05, 0.1) is 0 Å². The van der Waals surface area contributed by atoms with Gasteiger partial charge in [-0.05, 0) is 24.1 Å². The topological polar surface area (TPSA) is 57.6 Å². The second kappa shape index (κ2) is 6.14. The van der Waals surface area contributed by atoms with Gasteiger partial charge in [-0.1, -0.05) is 19.1 Å². The SMILES string of the molecule is CCCN(C(C)=O)C(C(=O)O)c1cccc(F)c1. The van der Waals surface area contributed by atoms with E-state index in [4.69, 9.17) is 0 Å². The zero-order valence-corrected chi connectivity index (χ0v) is 10.4. The van der Waals surface area contributed by atoms with Crippen LogP contribution >= 0.6 is 0 Å². The second-order valence-corrected chi connectivity index (χ2v) is 4.01. The fourth-order valence-corrected chi connectivity index (χ4v) is 1.84. The minimum atomic E-state index is -1.16. The number of amides is 1. The number of carbonyl (C=O) groups is 2. The summed E-state index contributed by atoms with van der Waals surface area (Å²) < 4.78 is 13.1. The number of nitrogens with zero attached hydrogens (tertiary/aromatic N) is 1. The Morgan fingerprint density at radius 3 is 2.56 bits per heavy atom. The molecule has 1 unspecified atom stereocenters. The molecule has 1 N–H and O–H groups in total. The van der Waals surface area contributed by atoms with Gasteiger partial charge in [0, 0.05) is 13.5 Å². The average Bonchev–Trinajstić information content (AvgIpc) is 2.27. The lowest BCUT2D eigenvalue weighted by molar-refractivity contribution is -0.149. The van der Waals surface area contributed by atoms with Crippen LogP contribution in [0.1, 0.15) is 31.9 Å². The number of carboxylic acids is 1. The summed E-state index contributed by atoms with van der Waals surface area (Å²) in [5.41, 5.74) is 0.270. The first kappa shape index (κ1) is 14.2. The van der Waals surface area contributed by atoms with Crippen LogP contribution < -0.4 is 0 Å². The van der Waals surface area contributed by atoms with Gasteiger partial charge < -0.3 is 10.0 Å². The third-order valence-electron chi connectivity index (χ3n) is 2.58. The van der Waals surface area contributed by atoms with Crippen molar-refractivity contribution in [1.29, 1.82) is 0 Å². The van der Waals surface area contributed by atoms with Gasteiger partial charge in [-0.15, -0.1) is 0 Å². The molecule has 5 heteroatoms. The molecule has 0 aromatic heterocycles. The summed E-state index contributed by atoms with van der Waals surface area (Å²) in [6.07, 6.45) is 0.638. The van der Waals surface area contributed by atoms with Gasteiger partial charge in [0.25, 0.3) is 0 Å². The van der Waals surface area contributed by atoms with Crippen molar-refractivity contribution < 1.29 is 19.1 Å². The van der Waals surface area contributed by atoms with Crippen LogP contribution in [0.5, 0.6) is 0 Å². The monoisotopic (exact) mass is 253 g/mol. The zero-order chi connectivity index (χ0) is 13.7. The van der Waals surface area contributed by atoms with Crippen molar-refractivity contribution in [3.05, 3.63) is 35.6 Å². The molecule has 0 saturated heterocycles. The highest BCUT2D eigenvalue weighted by atomic mass is 19.1. The number of aliphatic carboxylic acids is 1. The molecule has 4 nitrogen and oxygen atoms in total. The van der Waals surface area contributed by atoms with E-state index in [0.29, 0.717) is 13.0 Å². The Kier molecular flexibility index (Phi) is 4.83. The maximum absolute atomic E-state index is 13.1. The second-order valence-electron chi connectivity index (χ2n) is 4.01. The van der Waals surface area contributed by atoms with Crippen molar-refractivity contribution in [2.45, 2.75) is 26.3 Å². The molecular weight excluding hydrogens is 237 g/mol. The van der Waals surface area contributed by atoms with Crippen molar-refractivity contribution in [2.75, 3.05) is 6.54 Å². The molecule has 18 heavy (non-hydrogen) atoms. The average molecular weight is 253 g/mol. The minimum Gasteiger partial charge on any atom is -0.479 e. The molecule has 0 heterocycles.